The molecule has 0 aliphatic heterocycles. The van der Waals surface area contributed by atoms with Crippen LogP contribution in [0.15, 0.2) is 42.5 Å². The van der Waals surface area contributed by atoms with Gasteiger partial charge in [-0.05, 0) is 30.3 Å². The Hall–Kier alpha value is -3.42. The second kappa shape index (κ2) is 6.56. The van der Waals surface area contributed by atoms with Crippen molar-refractivity contribution in [2.75, 3.05) is 7.11 Å². The van der Waals surface area contributed by atoms with E-state index >= 15 is 0 Å². The molecule has 2 aromatic carbocycles. The highest BCUT2D eigenvalue weighted by atomic mass is 16.6. The first-order valence-electron chi connectivity index (χ1n) is 6.37. The number of hydrogen-bond acceptors (Lipinski definition) is 6. The lowest BCUT2D eigenvalue weighted by atomic mass is 10.1. The number of rotatable bonds is 5. The summed E-state index contributed by atoms with van der Waals surface area (Å²) < 4.78 is 10.0. The Morgan fingerprint density at radius 2 is 1.87 bits per heavy atom. The molecule has 1 amide bonds. The van der Waals surface area contributed by atoms with E-state index in [1.807, 2.05) is 0 Å². The fraction of sp³-hybridized carbons (Fsp3) is 0.0667. The smallest absolute Gasteiger partial charge is 0.337 e. The Kier molecular flexibility index (Phi) is 4.55. The monoisotopic (exact) mass is 316 g/mol. The molecule has 0 unspecified atom stereocenters. The molecule has 8 heteroatoms. The summed E-state index contributed by atoms with van der Waals surface area (Å²) >= 11 is 0. The molecule has 8 nitrogen and oxygen atoms in total. The molecule has 0 radical (unpaired) electrons. The Labute approximate surface area is 130 Å². The van der Waals surface area contributed by atoms with Crippen LogP contribution in [0.1, 0.15) is 20.7 Å². The van der Waals surface area contributed by atoms with Crippen LogP contribution in [0.25, 0.3) is 0 Å². The van der Waals surface area contributed by atoms with Crippen molar-refractivity contribution in [3.63, 3.8) is 0 Å². The van der Waals surface area contributed by atoms with Gasteiger partial charge in [0.2, 0.25) is 11.7 Å². The van der Waals surface area contributed by atoms with Gasteiger partial charge in [-0.25, -0.2) is 4.79 Å². The van der Waals surface area contributed by atoms with Crippen molar-refractivity contribution >= 4 is 17.6 Å². The van der Waals surface area contributed by atoms with Crippen LogP contribution in [0.4, 0.5) is 5.69 Å². The Bertz CT molecular complexity index is 787. The lowest BCUT2D eigenvalue weighted by Gasteiger charge is -2.08. The van der Waals surface area contributed by atoms with E-state index in [0.29, 0.717) is 0 Å². The quantitative estimate of drug-likeness (QED) is 0.513. The van der Waals surface area contributed by atoms with E-state index in [-0.39, 0.29) is 22.6 Å². The minimum atomic E-state index is -0.785. The minimum absolute atomic E-state index is 0.00707. The number of primary amides is 1. The van der Waals surface area contributed by atoms with Gasteiger partial charge in [-0.2, -0.15) is 0 Å². The highest BCUT2D eigenvalue weighted by Crippen LogP contribution is 2.32. The summed E-state index contributed by atoms with van der Waals surface area (Å²) in [6.07, 6.45) is 0. The van der Waals surface area contributed by atoms with Crippen molar-refractivity contribution in [3.05, 3.63) is 63.7 Å². The number of nitro benzene ring substituents is 1. The first-order valence-corrected chi connectivity index (χ1v) is 6.37. The van der Waals surface area contributed by atoms with Crippen molar-refractivity contribution in [3.8, 4) is 11.5 Å². The molecule has 0 atom stereocenters. The number of carbonyl (C=O) groups excluding carboxylic acids is 2. The highest BCUT2D eigenvalue weighted by molar-refractivity contribution is 5.93. The van der Waals surface area contributed by atoms with Gasteiger partial charge in [0, 0.05) is 11.6 Å². The van der Waals surface area contributed by atoms with Crippen LogP contribution in [0.2, 0.25) is 0 Å². The van der Waals surface area contributed by atoms with E-state index in [1.165, 1.54) is 37.4 Å². The van der Waals surface area contributed by atoms with E-state index in [2.05, 4.69) is 4.74 Å². The van der Waals surface area contributed by atoms with Gasteiger partial charge < -0.3 is 15.2 Å². The third kappa shape index (κ3) is 3.62. The number of nitrogens with two attached hydrogens (primary N) is 1. The van der Waals surface area contributed by atoms with E-state index in [9.17, 15) is 19.7 Å². The molecule has 0 saturated carbocycles. The molecule has 0 aliphatic rings. The number of methoxy groups -OCH3 is 1. The van der Waals surface area contributed by atoms with Gasteiger partial charge in [0.1, 0.15) is 5.75 Å². The van der Waals surface area contributed by atoms with Crippen LogP contribution in [0.3, 0.4) is 0 Å². The van der Waals surface area contributed by atoms with Gasteiger partial charge in [0.05, 0.1) is 17.6 Å². The molecule has 0 aliphatic carbocycles. The Balaban J connectivity index is 2.38. The highest BCUT2D eigenvalue weighted by Gasteiger charge is 2.19. The summed E-state index contributed by atoms with van der Waals surface area (Å²) in [5.74, 6) is -1.22. The third-order valence-corrected chi connectivity index (χ3v) is 2.92. The lowest BCUT2D eigenvalue weighted by molar-refractivity contribution is -0.385. The van der Waals surface area contributed by atoms with Crippen molar-refractivity contribution in [2.24, 2.45) is 5.73 Å². The van der Waals surface area contributed by atoms with Gasteiger partial charge in [-0.15, -0.1) is 0 Å². The summed E-state index contributed by atoms with van der Waals surface area (Å²) in [5.41, 5.74) is 4.92. The molecule has 23 heavy (non-hydrogen) atoms. The number of ether oxygens (including phenoxy) is 2. The van der Waals surface area contributed by atoms with Crippen molar-refractivity contribution < 1.29 is 24.0 Å². The standard InChI is InChI=1S/C15H12N2O6/c1-22-15(19)10-3-2-4-11(7-10)23-13-6-5-9(14(16)18)8-12(13)17(20)21/h2-8H,1H3,(H2,16,18). The molecule has 2 rings (SSSR count). The molecular weight excluding hydrogens is 304 g/mol. The van der Waals surface area contributed by atoms with Crippen LogP contribution < -0.4 is 10.5 Å². The molecule has 0 bridgehead atoms. The Morgan fingerprint density at radius 1 is 1.13 bits per heavy atom. The van der Waals surface area contributed by atoms with Crippen LogP contribution in [-0.2, 0) is 4.74 Å². The topological polar surface area (TPSA) is 122 Å². The van der Waals surface area contributed by atoms with E-state index in [4.69, 9.17) is 10.5 Å². The largest absolute Gasteiger partial charge is 0.465 e. The summed E-state index contributed by atoms with van der Waals surface area (Å²) in [7, 11) is 1.24. The van der Waals surface area contributed by atoms with Gasteiger partial charge in [0.25, 0.3) is 0 Å². The van der Waals surface area contributed by atoms with E-state index in [0.717, 1.165) is 6.07 Å². The number of carbonyl (C=O) groups is 2. The second-order valence-corrected chi connectivity index (χ2v) is 4.43. The summed E-state index contributed by atoms with van der Waals surface area (Å²) in [4.78, 5) is 33.0. The maximum absolute atomic E-state index is 11.5. The summed E-state index contributed by atoms with van der Waals surface area (Å²) in [5, 5.41) is 11.1. The SMILES string of the molecule is COC(=O)c1cccc(Oc2ccc(C(N)=O)cc2[N+](=O)[O-])c1. The Morgan fingerprint density at radius 3 is 2.48 bits per heavy atom. The predicted molar refractivity (Wildman–Crippen MR) is 79.5 cm³/mol. The fourth-order valence-electron chi connectivity index (χ4n) is 1.83. The number of amides is 1. The molecule has 0 heterocycles. The van der Waals surface area contributed by atoms with Gasteiger partial charge in [-0.1, -0.05) is 6.07 Å². The van der Waals surface area contributed by atoms with Crippen molar-refractivity contribution in [1.82, 2.24) is 0 Å². The molecular formula is C15H12N2O6. The maximum atomic E-state index is 11.5. The fourth-order valence-corrected chi connectivity index (χ4v) is 1.83. The molecule has 0 saturated heterocycles. The normalized spacial score (nSPS) is 9.96. The molecule has 0 fully saturated rings. The second-order valence-electron chi connectivity index (χ2n) is 4.43. The number of esters is 1. The summed E-state index contributed by atoms with van der Waals surface area (Å²) in [6, 6.07) is 9.59. The van der Waals surface area contributed by atoms with Crippen LogP contribution in [-0.4, -0.2) is 23.9 Å². The predicted octanol–water partition coefficient (Wildman–Crippen LogP) is 2.27. The van der Waals surface area contributed by atoms with Crippen LogP contribution in [0.5, 0.6) is 11.5 Å². The molecule has 0 aromatic heterocycles. The van der Waals surface area contributed by atoms with E-state index in [1.54, 1.807) is 6.07 Å². The first kappa shape index (κ1) is 16.0. The van der Waals surface area contributed by atoms with Gasteiger partial charge in [-0.3, -0.25) is 14.9 Å². The maximum Gasteiger partial charge on any atom is 0.337 e. The summed E-state index contributed by atoms with van der Waals surface area (Å²) in [6.45, 7) is 0. The minimum Gasteiger partial charge on any atom is -0.465 e. The molecule has 2 N–H and O–H groups in total. The first-order chi connectivity index (χ1) is 10.9. The lowest BCUT2D eigenvalue weighted by Crippen LogP contribution is -2.11. The number of benzene rings is 2. The van der Waals surface area contributed by atoms with Gasteiger partial charge in [0.15, 0.2) is 0 Å². The molecule has 2 aromatic rings. The van der Waals surface area contributed by atoms with Crippen molar-refractivity contribution in [2.45, 2.75) is 0 Å². The van der Waals surface area contributed by atoms with Crippen LogP contribution in [0, 0.1) is 10.1 Å². The molecule has 118 valence electrons. The van der Waals surface area contributed by atoms with Gasteiger partial charge >= 0.3 is 11.7 Å². The number of nitrogens with zero attached hydrogens (tertiary/aromatic N) is 1. The van der Waals surface area contributed by atoms with E-state index < -0.39 is 22.5 Å². The molecule has 0 spiro atoms. The average Bonchev–Trinajstić information content (AvgIpc) is 2.54. The van der Waals surface area contributed by atoms with Crippen LogP contribution >= 0.6 is 0 Å². The zero-order chi connectivity index (χ0) is 17.0. The zero-order valence-electron chi connectivity index (χ0n) is 12.0. The number of nitro groups is 1. The zero-order valence-corrected chi connectivity index (χ0v) is 12.0. The average molecular weight is 316 g/mol. The number of hydrogen-bond donors (Lipinski definition) is 1. The van der Waals surface area contributed by atoms with Crippen molar-refractivity contribution in [1.29, 1.82) is 0 Å². The third-order valence-electron chi connectivity index (χ3n) is 2.92.